The first-order valence-electron chi connectivity index (χ1n) is 6.83. The standard InChI is InChI=1S/C17H20ClNO2/c1-12(20)14-6-9-17(16(18)10-14)19(2)11-13-4-7-15(21-3)8-5-13/h4-10,12,20H,11H2,1-3H3/t12-/m1/s1. The summed E-state index contributed by atoms with van der Waals surface area (Å²) >= 11 is 6.31. The van der Waals surface area contributed by atoms with E-state index in [-0.39, 0.29) is 0 Å². The molecule has 0 radical (unpaired) electrons. The lowest BCUT2D eigenvalue weighted by atomic mass is 10.1. The number of anilines is 1. The van der Waals surface area contributed by atoms with Crippen molar-refractivity contribution in [1.29, 1.82) is 0 Å². The summed E-state index contributed by atoms with van der Waals surface area (Å²) in [5.41, 5.74) is 2.94. The summed E-state index contributed by atoms with van der Waals surface area (Å²) in [6, 6.07) is 13.6. The SMILES string of the molecule is COc1ccc(CN(C)c2ccc([C@@H](C)O)cc2Cl)cc1. The topological polar surface area (TPSA) is 32.7 Å². The minimum Gasteiger partial charge on any atom is -0.497 e. The molecule has 3 nitrogen and oxygen atoms in total. The molecule has 0 spiro atoms. The maximum Gasteiger partial charge on any atom is 0.118 e. The Balaban J connectivity index is 2.13. The van der Waals surface area contributed by atoms with Gasteiger partial charge in [0.1, 0.15) is 5.75 Å². The van der Waals surface area contributed by atoms with E-state index in [1.807, 2.05) is 49.5 Å². The Morgan fingerprint density at radius 3 is 2.38 bits per heavy atom. The third-order valence-corrected chi connectivity index (χ3v) is 3.75. The lowest BCUT2D eigenvalue weighted by Crippen LogP contribution is -2.16. The molecular formula is C17H20ClNO2. The molecule has 0 saturated carbocycles. The van der Waals surface area contributed by atoms with Gasteiger partial charge in [-0.2, -0.15) is 0 Å². The number of rotatable bonds is 5. The number of hydrogen-bond donors (Lipinski definition) is 1. The Kier molecular flexibility index (Phi) is 5.10. The molecule has 1 atom stereocenters. The Morgan fingerprint density at radius 2 is 1.86 bits per heavy atom. The predicted molar refractivity (Wildman–Crippen MR) is 87.2 cm³/mol. The molecule has 0 fully saturated rings. The van der Waals surface area contributed by atoms with Crippen LogP contribution >= 0.6 is 11.6 Å². The number of halogens is 1. The van der Waals surface area contributed by atoms with Gasteiger partial charge in [-0.1, -0.05) is 29.8 Å². The number of methoxy groups -OCH3 is 1. The normalized spacial score (nSPS) is 12.0. The van der Waals surface area contributed by atoms with Crippen LogP contribution in [0, 0.1) is 0 Å². The first-order valence-corrected chi connectivity index (χ1v) is 7.20. The second-order valence-corrected chi connectivity index (χ2v) is 5.50. The van der Waals surface area contributed by atoms with E-state index in [0.717, 1.165) is 23.5 Å². The van der Waals surface area contributed by atoms with Gasteiger partial charge in [0, 0.05) is 13.6 Å². The Morgan fingerprint density at radius 1 is 1.19 bits per heavy atom. The summed E-state index contributed by atoms with van der Waals surface area (Å²) < 4.78 is 5.16. The highest BCUT2D eigenvalue weighted by atomic mass is 35.5. The molecule has 112 valence electrons. The lowest BCUT2D eigenvalue weighted by molar-refractivity contribution is 0.199. The fraction of sp³-hybridized carbons (Fsp3) is 0.294. The van der Waals surface area contributed by atoms with Crippen LogP contribution in [-0.2, 0) is 6.54 Å². The summed E-state index contributed by atoms with van der Waals surface area (Å²) in [5.74, 6) is 0.848. The monoisotopic (exact) mass is 305 g/mol. The van der Waals surface area contributed by atoms with Crippen LogP contribution in [0.5, 0.6) is 5.75 Å². The number of nitrogens with zero attached hydrogens (tertiary/aromatic N) is 1. The van der Waals surface area contributed by atoms with E-state index in [4.69, 9.17) is 16.3 Å². The minimum atomic E-state index is -0.511. The molecule has 2 aromatic rings. The molecule has 2 aromatic carbocycles. The van der Waals surface area contributed by atoms with E-state index in [1.165, 1.54) is 5.56 Å². The minimum absolute atomic E-state index is 0.511. The average Bonchev–Trinajstić information content (AvgIpc) is 2.47. The van der Waals surface area contributed by atoms with Crippen molar-refractivity contribution < 1.29 is 9.84 Å². The van der Waals surface area contributed by atoms with Gasteiger partial charge in [0.2, 0.25) is 0 Å². The molecule has 0 bridgehead atoms. The lowest BCUT2D eigenvalue weighted by Gasteiger charge is -2.21. The molecule has 0 amide bonds. The van der Waals surface area contributed by atoms with Crippen molar-refractivity contribution in [1.82, 2.24) is 0 Å². The van der Waals surface area contributed by atoms with Crippen molar-refractivity contribution in [2.45, 2.75) is 19.6 Å². The molecule has 0 aromatic heterocycles. The summed E-state index contributed by atoms with van der Waals surface area (Å²) in [5, 5.41) is 10.2. The van der Waals surface area contributed by atoms with Crippen LogP contribution in [0.1, 0.15) is 24.2 Å². The number of benzene rings is 2. The van der Waals surface area contributed by atoms with Crippen LogP contribution in [0.25, 0.3) is 0 Å². The average molecular weight is 306 g/mol. The molecule has 2 rings (SSSR count). The van der Waals surface area contributed by atoms with Crippen LogP contribution < -0.4 is 9.64 Å². The van der Waals surface area contributed by atoms with Crippen LogP contribution in [0.3, 0.4) is 0 Å². The Labute approximate surface area is 130 Å². The van der Waals surface area contributed by atoms with Crippen molar-refractivity contribution in [3.63, 3.8) is 0 Å². The van der Waals surface area contributed by atoms with Crippen LogP contribution in [0.15, 0.2) is 42.5 Å². The second kappa shape index (κ2) is 6.83. The molecule has 0 aliphatic heterocycles. The highest BCUT2D eigenvalue weighted by Crippen LogP contribution is 2.29. The molecule has 21 heavy (non-hydrogen) atoms. The summed E-state index contributed by atoms with van der Waals surface area (Å²) in [4.78, 5) is 2.08. The number of ether oxygens (including phenoxy) is 1. The van der Waals surface area contributed by atoms with Crippen molar-refractivity contribution in [2.75, 3.05) is 19.1 Å². The van der Waals surface area contributed by atoms with Crippen LogP contribution in [0.4, 0.5) is 5.69 Å². The van der Waals surface area contributed by atoms with Crippen molar-refractivity contribution in [3.05, 3.63) is 58.6 Å². The number of aliphatic hydroxyl groups is 1. The molecular weight excluding hydrogens is 286 g/mol. The van der Waals surface area contributed by atoms with E-state index < -0.39 is 6.10 Å². The molecule has 0 unspecified atom stereocenters. The van der Waals surface area contributed by atoms with Gasteiger partial charge in [-0.25, -0.2) is 0 Å². The van der Waals surface area contributed by atoms with Crippen LogP contribution in [-0.4, -0.2) is 19.3 Å². The molecule has 0 heterocycles. The van der Waals surface area contributed by atoms with Crippen molar-refractivity contribution >= 4 is 17.3 Å². The maximum atomic E-state index is 9.58. The van der Waals surface area contributed by atoms with Crippen molar-refractivity contribution in [2.24, 2.45) is 0 Å². The third-order valence-electron chi connectivity index (χ3n) is 3.44. The number of aliphatic hydroxyl groups excluding tert-OH is 1. The first-order chi connectivity index (χ1) is 10.0. The summed E-state index contributed by atoms with van der Waals surface area (Å²) in [6.45, 7) is 2.48. The second-order valence-electron chi connectivity index (χ2n) is 5.09. The highest BCUT2D eigenvalue weighted by Gasteiger charge is 2.10. The van der Waals surface area contributed by atoms with E-state index >= 15 is 0 Å². The smallest absolute Gasteiger partial charge is 0.118 e. The Bertz CT molecular complexity index is 596. The van der Waals surface area contributed by atoms with Crippen LogP contribution in [0.2, 0.25) is 5.02 Å². The maximum absolute atomic E-state index is 9.58. The number of hydrogen-bond acceptors (Lipinski definition) is 3. The van der Waals surface area contributed by atoms with Gasteiger partial charge in [0.15, 0.2) is 0 Å². The molecule has 0 aliphatic carbocycles. The van der Waals surface area contributed by atoms with Gasteiger partial charge in [-0.15, -0.1) is 0 Å². The van der Waals surface area contributed by atoms with Gasteiger partial charge in [0.25, 0.3) is 0 Å². The highest BCUT2D eigenvalue weighted by molar-refractivity contribution is 6.33. The van der Waals surface area contributed by atoms with E-state index in [9.17, 15) is 5.11 Å². The van der Waals surface area contributed by atoms with E-state index in [0.29, 0.717) is 5.02 Å². The Hall–Kier alpha value is -1.71. The van der Waals surface area contributed by atoms with Gasteiger partial charge in [-0.05, 0) is 42.3 Å². The first kappa shape index (κ1) is 15.7. The molecule has 0 aliphatic rings. The van der Waals surface area contributed by atoms with Gasteiger partial charge >= 0.3 is 0 Å². The quantitative estimate of drug-likeness (QED) is 0.905. The predicted octanol–water partition coefficient (Wildman–Crippen LogP) is 4.04. The van der Waals surface area contributed by atoms with Crippen molar-refractivity contribution in [3.8, 4) is 5.75 Å². The summed E-state index contributed by atoms with van der Waals surface area (Å²) in [6.07, 6.45) is -0.511. The zero-order chi connectivity index (χ0) is 15.4. The van der Waals surface area contributed by atoms with Gasteiger partial charge in [0.05, 0.1) is 23.9 Å². The zero-order valence-electron chi connectivity index (χ0n) is 12.5. The largest absolute Gasteiger partial charge is 0.497 e. The van der Waals surface area contributed by atoms with Gasteiger partial charge < -0.3 is 14.7 Å². The summed E-state index contributed by atoms with van der Waals surface area (Å²) in [7, 11) is 3.65. The molecule has 0 saturated heterocycles. The fourth-order valence-corrected chi connectivity index (χ4v) is 2.52. The van der Waals surface area contributed by atoms with E-state index in [2.05, 4.69) is 4.90 Å². The third kappa shape index (κ3) is 3.90. The van der Waals surface area contributed by atoms with E-state index in [1.54, 1.807) is 14.0 Å². The molecule has 1 N–H and O–H groups in total. The fourth-order valence-electron chi connectivity index (χ4n) is 2.18. The zero-order valence-corrected chi connectivity index (χ0v) is 13.3. The molecule has 4 heteroatoms. The van der Waals surface area contributed by atoms with Gasteiger partial charge in [-0.3, -0.25) is 0 Å².